The third kappa shape index (κ3) is 3.13. The minimum Gasteiger partial charge on any atom is -0.352 e. The van der Waals surface area contributed by atoms with Gasteiger partial charge in [0.15, 0.2) is 5.96 Å². The number of hydrogen-bond acceptors (Lipinski definition) is 4. The average molecular weight is 297 g/mol. The van der Waals surface area contributed by atoms with Crippen molar-refractivity contribution in [3.8, 4) is 0 Å². The van der Waals surface area contributed by atoms with Crippen molar-refractivity contribution in [2.24, 2.45) is 4.99 Å². The SMILES string of the molecule is Cc1nn(Cc2ccccc2)c(C)c1CNC1=NCC(C)N1. The van der Waals surface area contributed by atoms with Gasteiger partial charge in [-0.05, 0) is 26.3 Å². The van der Waals surface area contributed by atoms with E-state index in [0.29, 0.717) is 6.04 Å². The maximum absolute atomic E-state index is 4.68. The highest BCUT2D eigenvalue weighted by molar-refractivity contribution is 5.81. The Kier molecular flexibility index (Phi) is 4.13. The molecule has 1 aromatic carbocycles. The summed E-state index contributed by atoms with van der Waals surface area (Å²) < 4.78 is 2.08. The highest BCUT2D eigenvalue weighted by Gasteiger charge is 2.15. The molecule has 1 unspecified atom stereocenters. The minimum atomic E-state index is 0.422. The highest BCUT2D eigenvalue weighted by Crippen LogP contribution is 2.14. The highest BCUT2D eigenvalue weighted by atomic mass is 15.3. The zero-order valence-electron chi connectivity index (χ0n) is 13.4. The molecule has 0 saturated carbocycles. The lowest BCUT2D eigenvalue weighted by molar-refractivity contribution is 0.657. The number of rotatable bonds is 4. The van der Waals surface area contributed by atoms with E-state index < -0.39 is 0 Å². The van der Waals surface area contributed by atoms with E-state index in [1.807, 2.05) is 6.07 Å². The van der Waals surface area contributed by atoms with Crippen LogP contribution in [-0.4, -0.2) is 28.3 Å². The number of nitrogens with zero attached hydrogens (tertiary/aromatic N) is 3. The molecule has 0 radical (unpaired) electrons. The van der Waals surface area contributed by atoms with Crippen molar-refractivity contribution in [1.29, 1.82) is 0 Å². The van der Waals surface area contributed by atoms with Gasteiger partial charge in [-0.1, -0.05) is 30.3 Å². The molecule has 0 spiro atoms. The van der Waals surface area contributed by atoms with Crippen molar-refractivity contribution in [2.75, 3.05) is 6.54 Å². The molecule has 1 atom stereocenters. The number of nitrogens with one attached hydrogen (secondary N) is 2. The number of benzene rings is 1. The first-order valence-electron chi connectivity index (χ1n) is 7.75. The van der Waals surface area contributed by atoms with Crippen molar-refractivity contribution < 1.29 is 0 Å². The van der Waals surface area contributed by atoms with Gasteiger partial charge in [0.05, 0.1) is 18.8 Å². The van der Waals surface area contributed by atoms with Gasteiger partial charge < -0.3 is 10.6 Å². The van der Waals surface area contributed by atoms with Gasteiger partial charge in [0.1, 0.15) is 0 Å². The fourth-order valence-corrected chi connectivity index (χ4v) is 2.73. The van der Waals surface area contributed by atoms with Crippen molar-refractivity contribution in [3.05, 3.63) is 52.8 Å². The van der Waals surface area contributed by atoms with Crippen LogP contribution in [0.5, 0.6) is 0 Å². The molecule has 22 heavy (non-hydrogen) atoms. The van der Waals surface area contributed by atoms with E-state index in [4.69, 9.17) is 0 Å². The summed E-state index contributed by atoms with van der Waals surface area (Å²) in [6, 6.07) is 10.9. The van der Waals surface area contributed by atoms with Crippen LogP contribution < -0.4 is 10.6 Å². The number of aliphatic imine (C=N–C) groups is 1. The Morgan fingerprint density at radius 2 is 2.05 bits per heavy atom. The number of hydrogen-bond donors (Lipinski definition) is 2. The Hall–Kier alpha value is -2.30. The van der Waals surface area contributed by atoms with Crippen molar-refractivity contribution in [3.63, 3.8) is 0 Å². The molecule has 1 aliphatic heterocycles. The summed E-state index contributed by atoms with van der Waals surface area (Å²) in [5.41, 5.74) is 4.80. The molecule has 5 nitrogen and oxygen atoms in total. The summed E-state index contributed by atoms with van der Waals surface area (Å²) in [7, 11) is 0. The van der Waals surface area contributed by atoms with Crippen LogP contribution in [0.15, 0.2) is 35.3 Å². The van der Waals surface area contributed by atoms with Crippen LogP contribution in [0.2, 0.25) is 0 Å². The minimum absolute atomic E-state index is 0.422. The van der Waals surface area contributed by atoms with Crippen LogP contribution in [0.4, 0.5) is 0 Å². The lowest BCUT2D eigenvalue weighted by Crippen LogP contribution is -2.37. The Morgan fingerprint density at radius 1 is 1.27 bits per heavy atom. The van der Waals surface area contributed by atoms with Crippen LogP contribution >= 0.6 is 0 Å². The zero-order valence-corrected chi connectivity index (χ0v) is 13.4. The van der Waals surface area contributed by atoms with Crippen LogP contribution in [0.1, 0.15) is 29.4 Å². The molecular formula is C17H23N5. The van der Waals surface area contributed by atoms with Crippen molar-refractivity contribution >= 4 is 5.96 Å². The van der Waals surface area contributed by atoms with Crippen LogP contribution in [-0.2, 0) is 13.1 Å². The first kappa shape index (κ1) is 14.6. The topological polar surface area (TPSA) is 54.2 Å². The van der Waals surface area contributed by atoms with Crippen LogP contribution in [0.25, 0.3) is 0 Å². The fourth-order valence-electron chi connectivity index (χ4n) is 2.73. The van der Waals surface area contributed by atoms with E-state index in [1.165, 1.54) is 16.8 Å². The fraction of sp³-hybridized carbons (Fsp3) is 0.412. The van der Waals surface area contributed by atoms with E-state index >= 15 is 0 Å². The lowest BCUT2D eigenvalue weighted by Gasteiger charge is -2.09. The second-order valence-corrected chi connectivity index (χ2v) is 5.88. The predicted octanol–water partition coefficient (Wildman–Crippen LogP) is 1.99. The summed E-state index contributed by atoms with van der Waals surface area (Å²) >= 11 is 0. The molecule has 0 bridgehead atoms. The van der Waals surface area contributed by atoms with Crippen LogP contribution in [0, 0.1) is 13.8 Å². The second kappa shape index (κ2) is 6.22. The van der Waals surface area contributed by atoms with Gasteiger partial charge in [-0.25, -0.2) is 0 Å². The number of aryl methyl sites for hydroxylation is 1. The van der Waals surface area contributed by atoms with E-state index in [0.717, 1.165) is 31.3 Å². The maximum Gasteiger partial charge on any atom is 0.191 e. The summed E-state index contributed by atoms with van der Waals surface area (Å²) in [5, 5.41) is 11.4. The van der Waals surface area contributed by atoms with Gasteiger partial charge >= 0.3 is 0 Å². The van der Waals surface area contributed by atoms with Gasteiger partial charge in [-0.2, -0.15) is 5.10 Å². The molecule has 2 aromatic rings. The zero-order chi connectivity index (χ0) is 15.5. The number of aromatic nitrogens is 2. The largest absolute Gasteiger partial charge is 0.352 e. The molecule has 0 fully saturated rings. The molecule has 5 heteroatoms. The van der Waals surface area contributed by atoms with Gasteiger partial charge in [-0.15, -0.1) is 0 Å². The van der Waals surface area contributed by atoms with Crippen LogP contribution in [0.3, 0.4) is 0 Å². The summed E-state index contributed by atoms with van der Waals surface area (Å²) in [6.07, 6.45) is 0. The standard InChI is InChI=1S/C17H23N5/c1-12-9-18-17(20-12)19-10-16-13(2)21-22(14(16)3)11-15-7-5-4-6-8-15/h4-8,12H,9-11H2,1-3H3,(H2,18,19,20). The third-order valence-corrected chi connectivity index (χ3v) is 4.05. The molecule has 2 heterocycles. The summed E-state index contributed by atoms with van der Waals surface area (Å²) in [5.74, 6) is 0.891. The van der Waals surface area contributed by atoms with E-state index in [9.17, 15) is 0 Å². The first-order valence-corrected chi connectivity index (χ1v) is 7.75. The van der Waals surface area contributed by atoms with Crippen molar-refractivity contribution in [2.45, 2.75) is 39.9 Å². The van der Waals surface area contributed by atoms with Gasteiger partial charge in [0.25, 0.3) is 0 Å². The quantitative estimate of drug-likeness (QED) is 0.907. The molecule has 116 valence electrons. The molecule has 1 aromatic heterocycles. The average Bonchev–Trinajstić information content (AvgIpc) is 3.03. The smallest absolute Gasteiger partial charge is 0.191 e. The molecular weight excluding hydrogens is 274 g/mol. The summed E-state index contributed by atoms with van der Waals surface area (Å²) in [4.78, 5) is 4.43. The maximum atomic E-state index is 4.68. The molecule has 0 saturated heterocycles. The predicted molar refractivity (Wildman–Crippen MR) is 89.0 cm³/mol. The lowest BCUT2D eigenvalue weighted by atomic mass is 10.2. The van der Waals surface area contributed by atoms with Gasteiger partial charge in [0.2, 0.25) is 0 Å². The van der Waals surface area contributed by atoms with Gasteiger partial charge in [0, 0.05) is 23.8 Å². The third-order valence-electron chi connectivity index (χ3n) is 4.05. The van der Waals surface area contributed by atoms with Gasteiger partial charge in [-0.3, -0.25) is 9.67 Å². The molecule has 0 aliphatic carbocycles. The Balaban J connectivity index is 1.70. The first-order chi connectivity index (χ1) is 10.6. The number of guanidine groups is 1. The van der Waals surface area contributed by atoms with E-state index in [1.54, 1.807) is 0 Å². The van der Waals surface area contributed by atoms with E-state index in [2.05, 4.69) is 70.4 Å². The molecule has 0 amide bonds. The second-order valence-electron chi connectivity index (χ2n) is 5.88. The molecule has 2 N–H and O–H groups in total. The summed E-state index contributed by atoms with van der Waals surface area (Å²) in [6.45, 7) is 8.74. The Bertz CT molecular complexity index is 672. The van der Waals surface area contributed by atoms with E-state index in [-0.39, 0.29) is 0 Å². The normalized spacial score (nSPS) is 17.2. The monoisotopic (exact) mass is 297 g/mol. The van der Waals surface area contributed by atoms with Crippen molar-refractivity contribution in [1.82, 2.24) is 20.4 Å². The Morgan fingerprint density at radius 3 is 2.73 bits per heavy atom. The Labute approximate surface area is 131 Å². The molecule has 3 rings (SSSR count). The molecule has 1 aliphatic rings.